The summed E-state index contributed by atoms with van der Waals surface area (Å²) in [6, 6.07) is 6.74. The van der Waals surface area contributed by atoms with Crippen molar-refractivity contribution in [1.82, 2.24) is 10.3 Å². The Morgan fingerprint density at radius 2 is 2.11 bits per heavy atom. The number of hydrogen-bond donors (Lipinski definition) is 4. The minimum atomic E-state index is -1.39. The maximum absolute atomic E-state index is 11.4. The van der Waals surface area contributed by atoms with Gasteiger partial charge in [0.2, 0.25) is 5.91 Å². The summed E-state index contributed by atoms with van der Waals surface area (Å²) >= 11 is 0. The molecule has 6 heteroatoms. The van der Waals surface area contributed by atoms with Gasteiger partial charge in [0.1, 0.15) is 0 Å². The molecule has 1 heterocycles. The van der Waals surface area contributed by atoms with Gasteiger partial charge in [-0.25, -0.2) is 4.79 Å². The number of aromatic amines is 1. The number of carbonyl (C=O) groups excluding carboxylic acids is 1. The molecule has 1 aromatic heterocycles. The van der Waals surface area contributed by atoms with E-state index in [0.717, 1.165) is 16.5 Å². The summed E-state index contributed by atoms with van der Waals surface area (Å²) in [4.78, 5) is 24.8. The lowest BCUT2D eigenvalue weighted by atomic mass is 10.1. The van der Waals surface area contributed by atoms with Crippen LogP contribution in [0.5, 0.6) is 0 Å². The molecule has 0 unspecified atom stereocenters. The van der Waals surface area contributed by atoms with Crippen LogP contribution in [-0.2, 0) is 11.2 Å². The topological polar surface area (TPSA) is 108 Å². The van der Waals surface area contributed by atoms with Gasteiger partial charge in [0.15, 0.2) is 0 Å². The molecule has 0 bridgehead atoms. The quantitative estimate of drug-likeness (QED) is 0.644. The van der Waals surface area contributed by atoms with Crippen molar-refractivity contribution >= 4 is 22.9 Å². The highest BCUT2D eigenvalue weighted by molar-refractivity contribution is 5.94. The predicted octanol–water partition coefficient (Wildman–Crippen LogP) is 0.832. The largest absolute Gasteiger partial charge is 0.465 e. The highest BCUT2D eigenvalue weighted by Crippen LogP contribution is 2.18. The smallest absolute Gasteiger partial charge is 0.411 e. The van der Waals surface area contributed by atoms with Gasteiger partial charge in [0.25, 0.3) is 0 Å². The van der Waals surface area contributed by atoms with Gasteiger partial charge in [-0.1, -0.05) is 18.2 Å². The van der Waals surface area contributed by atoms with Crippen LogP contribution in [-0.4, -0.2) is 28.1 Å². The van der Waals surface area contributed by atoms with Gasteiger partial charge in [-0.3, -0.25) is 10.1 Å². The molecule has 5 N–H and O–H groups in total. The van der Waals surface area contributed by atoms with Gasteiger partial charge in [-0.2, -0.15) is 0 Å². The number of para-hydroxylation sites is 1. The number of imide groups is 1. The van der Waals surface area contributed by atoms with Crippen LogP contribution in [0.4, 0.5) is 4.79 Å². The summed E-state index contributed by atoms with van der Waals surface area (Å²) in [5.74, 6) is -0.701. The normalized spacial score (nSPS) is 12.3. The number of carbonyl (C=O) groups is 2. The number of aromatic nitrogens is 1. The maximum Gasteiger partial charge on any atom is 0.411 e. The van der Waals surface area contributed by atoms with Crippen molar-refractivity contribution in [2.75, 3.05) is 0 Å². The molecule has 0 aliphatic carbocycles. The molecule has 0 fully saturated rings. The van der Waals surface area contributed by atoms with Gasteiger partial charge < -0.3 is 15.8 Å². The summed E-state index contributed by atoms with van der Waals surface area (Å²) in [5, 5.41) is 11.2. The van der Waals surface area contributed by atoms with E-state index < -0.39 is 18.0 Å². The number of H-pyrrole nitrogens is 1. The average Bonchev–Trinajstić information content (AvgIpc) is 2.72. The molecule has 1 atom stereocenters. The summed E-state index contributed by atoms with van der Waals surface area (Å²) in [7, 11) is 0. The summed E-state index contributed by atoms with van der Waals surface area (Å²) in [6.45, 7) is 0. The number of amides is 2. The first kappa shape index (κ1) is 12.1. The predicted molar refractivity (Wildman–Crippen MR) is 66.1 cm³/mol. The van der Waals surface area contributed by atoms with E-state index in [1.165, 1.54) is 0 Å². The third kappa shape index (κ3) is 2.49. The fourth-order valence-electron chi connectivity index (χ4n) is 1.83. The van der Waals surface area contributed by atoms with E-state index in [0.29, 0.717) is 0 Å². The number of rotatable bonds is 3. The third-order valence-electron chi connectivity index (χ3n) is 2.68. The lowest BCUT2D eigenvalue weighted by Crippen LogP contribution is -2.44. The van der Waals surface area contributed by atoms with Crippen LogP contribution in [0.1, 0.15) is 5.56 Å². The molecular weight excluding hydrogens is 234 g/mol. The monoisotopic (exact) mass is 247 g/mol. The lowest BCUT2D eigenvalue weighted by molar-refractivity contribution is -0.121. The van der Waals surface area contributed by atoms with Gasteiger partial charge in [0, 0.05) is 17.1 Å². The molecule has 0 aliphatic heterocycles. The van der Waals surface area contributed by atoms with Crippen molar-refractivity contribution in [3.63, 3.8) is 0 Å². The molecule has 6 nitrogen and oxygen atoms in total. The fraction of sp³-hybridized carbons (Fsp3) is 0.167. The summed E-state index contributed by atoms with van der Waals surface area (Å²) < 4.78 is 0. The highest BCUT2D eigenvalue weighted by atomic mass is 16.4. The molecule has 2 rings (SSSR count). The first-order valence-electron chi connectivity index (χ1n) is 5.42. The summed E-state index contributed by atoms with van der Waals surface area (Å²) in [6.07, 6.45) is 0.663. The van der Waals surface area contributed by atoms with E-state index in [1.807, 2.05) is 24.3 Å². The van der Waals surface area contributed by atoms with E-state index in [9.17, 15) is 9.59 Å². The van der Waals surface area contributed by atoms with E-state index >= 15 is 0 Å². The van der Waals surface area contributed by atoms with Crippen molar-refractivity contribution in [2.45, 2.75) is 12.5 Å². The number of hydrogen-bond acceptors (Lipinski definition) is 3. The first-order valence-corrected chi connectivity index (χ1v) is 5.42. The van der Waals surface area contributed by atoms with E-state index in [4.69, 9.17) is 10.8 Å². The average molecular weight is 247 g/mol. The fourth-order valence-corrected chi connectivity index (χ4v) is 1.83. The van der Waals surface area contributed by atoms with Gasteiger partial charge in [0.05, 0.1) is 6.04 Å². The Bertz CT molecular complexity index is 591. The second-order valence-corrected chi connectivity index (χ2v) is 3.96. The van der Waals surface area contributed by atoms with Crippen LogP contribution in [0.15, 0.2) is 30.5 Å². The molecule has 1 aromatic carbocycles. The number of benzene rings is 1. The lowest BCUT2D eigenvalue weighted by Gasteiger charge is -2.08. The van der Waals surface area contributed by atoms with E-state index in [2.05, 4.69) is 4.98 Å². The SMILES string of the molecule is N[C@@H](Cc1c[nH]c2ccccc12)C(=O)NC(=O)O. The number of nitrogens with two attached hydrogens (primary N) is 1. The van der Waals surface area contributed by atoms with Crippen molar-refractivity contribution in [2.24, 2.45) is 5.73 Å². The zero-order valence-corrected chi connectivity index (χ0v) is 9.51. The second kappa shape index (κ2) is 4.89. The van der Waals surface area contributed by atoms with E-state index in [-0.39, 0.29) is 6.42 Å². The van der Waals surface area contributed by atoms with Crippen molar-refractivity contribution in [3.8, 4) is 0 Å². The summed E-state index contributed by atoms with van der Waals surface area (Å²) in [5.41, 5.74) is 7.50. The van der Waals surface area contributed by atoms with Crippen LogP contribution in [0.2, 0.25) is 0 Å². The van der Waals surface area contributed by atoms with Crippen LogP contribution in [0.3, 0.4) is 0 Å². The minimum Gasteiger partial charge on any atom is -0.465 e. The van der Waals surface area contributed by atoms with E-state index in [1.54, 1.807) is 11.5 Å². The Morgan fingerprint density at radius 1 is 1.39 bits per heavy atom. The Hall–Kier alpha value is -2.34. The van der Waals surface area contributed by atoms with Gasteiger partial charge in [-0.15, -0.1) is 0 Å². The standard InChI is InChI=1S/C12H13N3O3/c13-9(11(16)15-12(17)18)5-7-6-14-10-4-2-1-3-8(7)10/h1-4,6,9,14H,5,13H2,(H,15,16)(H,17,18)/t9-/m0/s1. The molecule has 2 aromatic rings. The van der Waals surface area contributed by atoms with Gasteiger partial charge in [-0.05, 0) is 18.1 Å². The molecule has 0 saturated heterocycles. The minimum absolute atomic E-state index is 0.281. The molecule has 18 heavy (non-hydrogen) atoms. The molecule has 0 spiro atoms. The van der Waals surface area contributed by atoms with Crippen molar-refractivity contribution in [3.05, 3.63) is 36.0 Å². The van der Waals surface area contributed by atoms with Crippen LogP contribution >= 0.6 is 0 Å². The molecular formula is C12H13N3O3. The highest BCUT2D eigenvalue weighted by Gasteiger charge is 2.17. The molecule has 94 valence electrons. The maximum atomic E-state index is 11.4. The van der Waals surface area contributed by atoms with Crippen LogP contribution in [0.25, 0.3) is 10.9 Å². The van der Waals surface area contributed by atoms with Crippen molar-refractivity contribution < 1.29 is 14.7 Å². The molecule has 0 radical (unpaired) electrons. The number of fused-ring (bicyclic) bond motifs is 1. The first-order chi connectivity index (χ1) is 8.58. The second-order valence-electron chi connectivity index (χ2n) is 3.96. The molecule has 2 amide bonds. The number of nitrogens with one attached hydrogen (secondary N) is 2. The Labute approximate surface area is 103 Å². The molecule has 0 saturated carbocycles. The zero-order chi connectivity index (χ0) is 13.1. The van der Waals surface area contributed by atoms with Crippen molar-refractivity contribution in [1.29, 1.82) is 0 Å². The molecule has 0 aliphatic rings. The van der Waals surface area contributed by atoms with Crippen LogP contribution in [0, 0.1) is 0 Å². The van der Waals surface area contributed by atoms with Crippen LogP contribution < -0.4 is 11.1 Å². The Kier molecular flexibility index (Phi) is 3.29. The Morgan fingerprint density at radius 3 is 2.83 bits per heavy atom. The number of carboxylic acid groups (broad SMARTS) is 1. The third-order valence-corrected chi connectivity index (χ3v) is 2.68. The Balaban J connectivity index is 2.14. The zero-order valence-electron chi connectivity index (χ0n) is 9.51. The van der Waals surface area contributed by atoms with Gasteiger partial charge >= 0.3 is 6.09 Å².